The zero-order valence-corrected chi connectivity index (χ0v) is 15.7. The Balaban J connectivity index is 2.40. The lowest BCUT2D eigenvalue weighted by atomic mass is 10.2. The van der Waals surface area contributed by atoms with Crippen molar-refractivity contribution in [3.8, 4) is 11.6 Å². The van der Waals surface area contributed by atoms with E-state index in [1.807, 2.05) is 0 Å². The number of hydrogen-bond donors (Lipinski definition) is 0. The number of methoxy groups -OCH3 is 1. The largest absolute Gasteiger partial charge is 0.468 e. The van der Waals surface area contributed by atoms with Gasteiger partial charge in [0.15, 0.2) is 0 Å². The minimum absolute atomic E-state index is 0.0494. The molecule has 0 aliphatic rings. The monoisotopic (exact) mass is 435 g/mol. The Morgan fingerprint density at radius 2 is 2.00 bits per heavy atom. The zero-order chi connectivity index (χ0) is 21.8. The van der Waals surface area contributed by atoms with E-state index in [2.05, 4.69) is 9.72 Å². The Morgan fingerprint density at radius 1 is 1.31 bits per heavy atom. The minimum atomic E-state index is -4.64. The van der Waals surface area contributed by atoms with Crippen LogP contribution >= 0.6 is 11.6 Å². The second-order valence-electron chi connectivity index (χ2n) is 5.31. The van der Waals surface area contributed by atoms with E-state index in [1.165, 1.54) is 13.2 Å². The van der Waals surface area contributed by atoms with E-state index in [9.17, 15) is 28.1 Å². The van der Waals surface area contributed by atoms with Crippen molar-refractivity contribution < 1.29 is 37.2 Å². The van der Waals surface area contributed by atoms with Crippen LogP contribution < -0.4 is 9.80 Å². The molecule has 0 saturated carbocycles. The summed E-state index contributed by atoms with van der Waals surface area (Å²) < 4.78 is 48.0. The molecule has 0 spiro atoms. The molecule has 0 fully saturated rings. The van der Waals surface area contributed by atoms with Crippen molar-refractivity contribution in [1.82, 2.24) is 4.98 Å². The van der Waals surface area contributed by atoms with Gasteiger partial charge in [0.2, 0.25) is 5.88 Å². The first-order chi connectivity index (χ1) is 13.6. The summed E-state index contributed by atoms with van der Waals surface area (Å²) in [4.78, 5) is 30.6. The average Bonchev–Trinajstić information content (AvgIpc) is 2.66. The minimum Gasteiger partial charge on any atom is -0.468 e. The number of pyridine rings is 1. The number of carbonyl (C=O) groups is 1. The third-order valence-corrected chi connectivity index (χ3v) is 3.75. The number of hydrogen-bond acceptors (Lipinski definition) is 8. The Labute approximate surface area is 166 Å². The maximum absolute atomic E-state index is 12.7. The quantitative estimate of drug-likeness (QED) is 0.365. The molecule has 0 aliphatic heterocycles. The number of benzene rings is 1. The second kappa shape index (κ2) is 8.92. The van der Waals surface area contributed by atoms with Crippen LogP contribution in [0.4, 0.5) is 24.5 Å². The van der Waals surface area contributed by atoms with Crippen LogP contribution in [0.5, 0.6) is 11.6 Å². The van der Waals surface area contributed by atoms with Crippen molar-refractivity contribution in [3.05, 3.63) is 51.2 Å². The van der Waals surface area contributed by atoms with Crippen LogP contribution in [0.3, 0.4) is 0 Å². The molecule has 13 heteroatoms. The van der Waals surface area contributed by atoms with Gasteiger partial charge in [-0.3, -0.25) is 19.7 Å². The molecule has 0 amide bonds. The molecule has 156 valence electrons. The van der Waals surface area contributed by atoms with Crippen molar-refractivity contribution in [3.63, 3.8) is 0 Å². The molecule has 0 radical (unpaired) electrons. The summed E-state index contributed by atoms with van der Waals surface area (Å²) in [5, 5.41) is 11.7. The summed E-state index contributed by atoms with van der Waals surface area (Å²) in [7, 11) is 2.30. The van der Waals surface area contributed by atoms with E-state index in [0.717, 1.165) is 24.3 Å². The average molecular weight is 436 g/mol. The number of esters is 1. The van der Waals surface area contributed by atoms with Gasteiger partial charge in [-0.05, 0) is 12.1 Å². The molecule has 29 heavy (non-hydrogen) atoms. The highest BCUT2D eigenvalue weighted by atomic mass is 35.5. The molecule has 0 unspecified atom stereocenters. The summed E-state index contributed by atoms with van der Waals surface area (Å²) in [6, 6.07) is 4.02. The normalized spacial score (nSPS) is 11.1. The Hall–Kier alpha value is -3.12. The summed E-state index contributed by atoms with van der Waals surface area (Å²) >= 11 is 5.79. The van der Waals surface area contributed by atoms with Crippen molar-refractivity contribution in [2.75, 3.05) is 25.8 Å². The molecule has 0 aliphatic carbocycles. The highest BCUT2D eigenvalue weighted by Gasteiger charge is 2.32. The van der Waals surface area contributed by atoms with Gasteiger partial charge in [-0.25, -0.2) is 10.0 Å². The van der Waals surface area contributed by atoms with Crippen LogP contribution in [0, 0.1) is 10.1 Å². The number of alkyl halides is 3. The number of carbonyl (C=O) groups excluding carboxylic acids is 1. The summed E-state index contributed by atoms with van der Waals surface area (Å²) in [5.74, 6) is -1.14. The van der Waals surface area contributed by atoms with Gasteiger partial charge in [0.05, 0.1) is 24.7 Å². The van der Waals surface area contributed by atoms with Crippen molar-refractivity contribution in [2.24, 2.45) is 0 Å². The van der Waals surface area contributed by atoms with Crippen LogP contribution in [-0.2, 0) is 20.5 Å². The van der Waals surface area contributed by atoms with E-state index >= 15 is 0 Å². The van der Waals surface area contributed by atoms with E-state index in [-0.39, 0.29) is 17.3 Å². The highest BCUT2D eigenvalue weighted by molar-refractivity contribution is 6.31. The third-order valence-electron chi connectivity index (χ3n) is 3.48. The molecule has 1 aromatic carbocycles. The predicted molar refractivity (Wildman–Crippen MR) is 93.8 cm³/mol. The number of nitro benzene ring substituents is 1. The van der Waals surface area contributed by atoms with E-state index in [1.54, 1.807) is 0 Å². The van der Waals surface area contributed by atoms with Crippen LogP contribution in [-0.4, -0.2) is 36.6 Å². The molecule has 2 rings (SSSR count). The van der Waals surface area contributed by atoms with Gasteiger partial charge >= 0.3 is 12.1 Å². The van der Waals surface area contributed by atoms with Crippen LogP contribution in [0.25, 0.3) is 0 Å². The number of nitro groups is 1. The van der Waals surface area contributed by atoms with Crippen molar-refractivity contribution in [1.29, 1.82) is 0 Å². The maximum Gasteiger partial charge on any atom is 0.417 e. The van der Waals surface area contributed by atoms with E-state index in [0.29, 0.717) is 12.3 Å². The number of ether oxygens (including phenoxy) is 2. The molecule has 0 atom stereocenters. The predicted octanol–water partition coefficient (Wildman–Crippen LogP) is 4.00. The van der Waals surface area contributed by atoms with E-state index < -0.39 is 39.9 Å². The van der Waals surface area contributed by atoms with Crippen LogP contribution in [0.1, 0.15) is 5.56 Å². The lowest BCUT2D eigenvalue weighted by molar-refractivity contribution is -0.384. The van der Waals surface area contributed by atoms with Crippen LogP contribution in [0.2, 0.25) is 5.02 Å². The van der Waals surface area contributed by atoms with Crippen LogP contribution in [0.15, 0.2) is 30.5 Å². The molecule has 9 nitrogen and oxygen atoms in total. The van der Waals surface area contributed by atoms with Crippen molar-refractivity contribution in [2.45, 2.75) is 6.18 Å². The summed E-state index contributed by atoms with van der Waals surface area (Å²) in [6.07, 6.45) is -4.10. The summed E-state index contributed by atoms with van der Waals surface area (Å²) in [6.45, 7) is -0.476. The maximum atomic E-state index is 12.7. The number of rotatable bonds is 7. The van der Waals surface area contributed by atoms with Gasteiger partial charge in [-0.2, -0.15) is 13.2 Å². The molecule has 0 bridgehead atoms. The molecule has 1 aromatic heterocycles. The summed E-state index contributed by atoms with van der Waals surface area (Å²) in [5.41, 5.74) is -1.65. The fourth-order valence-electron chi connectivity index (χ4n) is 2.12. The number of halogens is 4. The van der Waals surface area contributed by atoms with Gasteiger partial charge in [-0.1, -0.05) is 11.6 Å². The Bertz CT molecular complexity index is 925. The fourth-order valence-corrected chi connectivity index (χ4v) is 2.32. The molecular weight excluding hydrogens is 423 g/mol. The standard InChI is InChI=1S/C16H13ClF3N3O6/c1-27-14(24)8-22(28-2)13-6-10(3-4-12(13)23(25)26)29-15-11(17)5-9(7-21-15)16(18,19)20/h3-7H,8H2,1-2H3. The first kappa shape index (κ1) is 22.2. The number of nitrogens with zero attached hydrogens (tertiary/aromatic N) is 3. The number of anilines is 1. The van der Waals surface area contributed by atoms with Crippen molar-refractivity contribution >= 4 is 28.9 Å². The molecule has 0 saturated heterocycles. The highest BCUT2D eigenvalue weighted by Crippen LogP contribution is 2.37. The van der Waals surface area contributed by atoms with Gasteiger partial charge < -0.3 is 9.47 Å². The lowest BCUT2D eigenvalue weighted by Crippen LogP contribution is -2.30. The smallest absolute Gasteiger partial charge is 0.417 e. The number of aromatic nitrogens is 1. The molecule has 1 heterocycles. The van der Waals surface area contributed by atoms with E-state index in [4.69, 9.17) is 21.2 Å². The van der Waals surface area contributed by atoms with Gasteiger partial charge in [0, 0.05) is 18.3 Å². The van der Waals surface area contributed by atoms with Gasteiger partial charge in [-0.15, -0.1) is 0 Å². The molecular formula is C16H13ClF3N3O6. The molecule has 0 N–H and O–H groups in total. The van der Waals surface area contributed by atoms with Gasteiger partial charge in [0.1, 0.15) is 23.0 Å². The Morgan fingerprint density at radius 3 is 2.52 bits per heavy atom. The second-order valence-corrected chi connectivity index (χ2v) is 5.72. The third kappa shape index (κ3) is 5.45. The topological polar surface area (TPSA) is 104 Å². The fraction of sp³-hybridized carbons (Fsp3) is 0.250. The first-order valence-corrected chi connectivity index (χ1v) is 8.02. The first-order valence-electron chi connectivity index (χ1n) is 7.64. The molecule has 2 aromatic rings. The number of hydroxylamine groups is 1. The zero-order valence-electron chi connectivity index (χ0n) is 14.9. The van der Waals surface area contributed by atoms with Gasteiger partial charge in [0.25, 0.3) is 5.69 Å². The SMILES string of the molecule is COC(=O)CN(OC)c1cc(Oc2ncc(C(F)(F)F)cc2Cl)ccc1[N+](=O)[O-]. The lowest BCUT2D eigenvalue weighted by Gasteiger charge is -2.20. The Kier molecular flexibility index (Phi) is 6.82.